The summed E-state index contributed by atoms with van der Waals surface area (Å²) in [6.07, 6.45) is 12.2. The van der Waals surface area contributed by atoms with Gasteiger partial charge < -0.3 is 0 Å². The molecule has 0 bridgehead atoms. The highest BCUT2D eigenvalue weighted by atomic mass is 35.5. The van der Waals surface area contributed by atoms with Crippen LogP contribution in [0.25, 0.3) is 0 Å². The molecule has 1 saturated carbocycles. The molecule has 0 unspecified atom stereocenters. The molecule has 112 valence electrons. The van der Waals surface area contributed by atoms with E-state index in [9.17, 15) is 0 Å². The molecule has 0 radical (unpaired) electrons. The third kappa shape index (κ3) is 4.25. The average molecular weight is 293 g/mol. The molecule has 1 heteroatoms. The average Bonchev–Trinajstić information content (AvgIpc) is 2.48. The lowest BCUT2D eigenvalue weighted by atomic mass is 9.77. The van der Waals surface area contributed by atoms with Crippen LogP contribution in [0.3, 0.4) is 0 Å². The summed E-state index contributed by atoms with van der Waals surface area (Å²) in [4.78, 5) is 0. The molecular formula is C19H29Cl. The molecule has 1 aromatic rings. The van der Waals surface area contributed by atoms with E-state index in [0.717, 1.165) is 23.3 Å². The predicted molar refractivity (Wildman–Crippen MR) is 89.7 cm³/mol. The number of benzene rings is 1. The standard InChI is InChI=1S/C19H29Cl/c1-3-5-6-7-15-8-10-17(11-9-15)18-13-12-16(4-2)19(20)14-18/h12-15,17H,3-11H2,1-2H3. The lowest BCUT2D eigenvalue weighted by Gasteiger charge is -2.29. The molecule has 2 rings (SSSR count). The van der Waals surface area contributed by atoms with Crippen LogP contribution < -0.4 is 0 Å². The highest BCUT2D eigenvalue weighted by Crippen LogP contribution is 2.38. The Morgan fingerprint density at radius 2 is 1.80 bits per heavy atom. The van der Waals surface area contributed by atoms with Gasteiger partial charge in [-0.1, -0.05) is 63.3 Å². The number of rotatable bonds is 6. The summed E-state index contributed by atoms with van der Waals surface area (Å²) in [7, 11) is 0. The zero-order valence-corrected chi connectivity index (χ0v) is 13.9. The largest absolute Gasteiger partial charge is 0.0840 e. The Morgan fingerprint density at radius 1 is 1.05 bits per heavy atom. The number of hydrogen-bond acceptors (Lipinski definition) is 0. The van der Waals surface area contributed by atoms with Gasteiger partial charge in [0.25, 0.3) is 0 Å². The van der Waals surface area contributed by atoms with Gasteiger partial charge in [0.2, 0.25) is 0 Å². The van der Waals surface area contributed by atoms with E-state index in [0.29, 0.717) is 0 Å². The minimum Gasteiger partial charge on any atom is -0.0840 e. The first-order valence-electron chi connectivity index (χ1n) is 8.52. The van der Waals surface area contributed by atoms with Crippen LogP contribution in [0.2, 0.25) is 5.02 Å². The highest BCUT2D eigenvalue weighted by Gasteiger charge is 2.22. The molecule has 1 aromatic carbocycles. The van der Waals surface area contributed by atoms with Crippen molar-refractivity contribution in [3.63, 3.8) is 0 Å². The molecule has 20 heavy (non-hydrogen) atoms. The summed E-state index contributed by atoms with van der Waals surface area (Å²) < 4.78 is 0. The molecule has 0 spiro atoms. The predicted octanol–water partition coefficient (Wildman–Crippen LogP) is 6.76. The van der Waals surface area contributed by atoms with Crippen molar-refractivity contribution >= 4 is 11.6 Å². The van der Waals surface area contributed by atoms with Crippen LogP contribution >= 0.6 is 11.6 Å². The second-order valence-electron chi connectivity index (χ2n) is 6.42. The van der Waals surface area contributed by atoms with E-state index in [4.69, 9.17) is 11.6 Å². The van der Waals surface area contributed by atoms with Crippen molar-refractivity contribution in [1.82, 2.24) is 0 Å². The molecule has 0 amide bonds. The fourth-order valence-corrected chi connectivity index (χ4v) is 3.89. The number of halogens is 1. The summed E-state index contributed by atoms with van der Waals surface area (Å²) in [5.41, 5.74) is 2.75. The third-order valence-corrected chi connectivity index (χ3v) is 5.34. The maximum Gasteiger partial charge on any atom is 0.0440 e. The van der Waals surface area contributed by atoms with Crippen molar-refractivity contribution in [2.24, 2.45) is 5.92 Å². The zero-order chi connectivity index (χ0) is 14.4. The van der Waals surface area contributed by atoms with Crippen LogP contribution in [0.15, 0.2) is 18.2 Å². The Labute approximate surface area is 129 Å². The summed E-state index contributed by atoms with van der Waals surface area (Å²) in [5.74, 6) is 1.74. The number of aryl methyl sites for hydroxylation is 1. The van der Waals surface area contributed by atoms with E-state index in [-0.39, 0.29) is 0 Å². The summed E-state index contributed by atoms with van der Waals surface area (Å²) in [6.45, 7) is 4.46. The van der Waals surface area contributed by atoms with Gasteiger partial charge >= 0.3 is 0 Å². The smallest absolute Gasteiger partial charge is 0.0440 e. The Hall–Kier alpha value is -0.490. The summed E-state index contributed by atoms with van der Waals surface area (Å²) in [6, 6.07) is 6.76. The molecule has 0 N–H and O–H groups in total. The zero-order valence-electron chi connectivity index (χ0n) is 13.1. The quantitative estimate of drug-likeness (QED) is 0.508. The van der Waals surface area contributed by atoms with Crippen LogP contribution in [-0.4, -0.2) is 0 Å². The van der Waals surface area contributed by atoms with Gasteiger partial charge in [-0.05, 0) is 61.1 Å². The van der Waals surface area contributed by atoms with Crippen molar-refractivity contribution in [1.29, 1.82) is 0 Å². The minimum absolute atomic E-state index is 0.751. The summed E-state index contributed by atoms with van der Waals surface area (Å²) >= 11 is 6.36. The van der Waals surface area contributed by atoms with Gasteiger partial charge in [-0.25, -0.2) is 0 Å². The maximum atomic E-state index is 6.36. The number of unbranched alkanes of at least 4 members (excludes halogenated alkanes) is 2. The molecule has 0 aromatic heterocycles. The highest BCUT2D eigenvalue weighted by molar-refractivity contribution is 6.31. The third-order valence-electron chi connectivity index (χ3n) is 4.99. The number of hydrogen-bond donors (Lipinski definition) is 0. The molecule has 0 atom stereocenters. The fourth-order valence-electron chi connectivity index (χ4n) is 3.57. The first kappa shape index (κ1) is 15.9. The van der Waals surface area contributed by atoms with Crippen LogP contribution in [0.4, 0.5) is 0 Å². The Morgan fingerprint density at radius 3 is 2.40 bits per heavy atom. The SMILES string of the molecule is CCCCCC1CCC(c2ccc(CC)c(Cl)c2)CC1. The lowest BCUT2D eigenvalue weighted by Crippen LogP contribution is -2.13. The van der Waals surface area contributed by atoms with Gasteiger partial charge in [0.05, 0.1) is 0 Å². The van der Waals surface area contributed by atoms with Crippen LogP contribution in [0, 0.1) is 5.92 Å². The van der Waals surface area contributed by atoms with Gasteiger partial charge in [0, 0.05) is 5.02 Å². The van der Waals surface area contributed by atoms with Gasteiger partial charge in [0.15, 0.2) is 0 Å². The summed E-state index contributed by atoms with van der Waals surface area (Å²) in [5, 5.41) is 0.968. The Bertz CT molecular complexity index is 402. The van der Waals surface area contributed by atoms with E-state index in [2.05, 4.69) is 32.0 Å². The van der Waals surface area contributed by atoms with Gasteiger partial charge in [-0.15, -0.1) is 0 Å². The van der Waals surface area contributed by atoms with Crippen molar-refractivity contribution in [3.8, 4) is 0 Å². The van der Waals surface area contributed by atoms with Gasteiger partial charge in [0.1, 0.15) is 0 Å². The van der Waals surface area contributed by atoms with Crippen molar-refractivity contribution < 1.29 is 0 Å². The second kappa shape index (κ2) is 8.08. The molecule has 0 heterocycles. The van der Waals surface area contributed by atoms with Crippen molar-refractivity contribution in [2.75, 3.05) is 0 Å². The van der Waals surface area contributed by atoms with E-state index < -0.39 is 0 Å². The van der Waals surface area contributed by atoms with E-state index in [1.807, 2.05) is 0 Å². The molecule has 0 saturated heterocycles. The minimum atomic E-state index is 0.751. The van der Waals surface area contributed by atoms with E-state index >= 15 is 0 Å². The first-order valence-corrected chi connectivity index (χ1v) is 8.90. The topological polar surface area (TPSA) is 0 Å². The molecule has 1 fully saturated rings. The van der Waals surface area contributed by atoms with Gasteiger partial charge in [-0.2, -0.15) is 0 Å². The second-order valence-corrected chi connectivity index (χ2v) is 6.83. The lowest BCUT2D eigenvalue weighted by molar-refractivity contribution is 0.303. The van der Waals surface area contributed by atoms with E-state index in [1.165, 1.54) is 62.5 Å². The van der Waals surface area contributed by atoms with Crippen molar-refractivity contribution in [2.45, 2.75) is 77.6 Å². The normalized spacial score (nSPS) is 22.9. The van der Waals surface area contributed by atoms with Gasteiger partial charge in [-0.3, -0.25) is 0 Å². The molecule has 1 aliphatic rings. The molecular weight excluding hydrogens is 264 g/mol. The van der Waals surface area contributed by atoms with Crippen LogP contribution in [0.5, 0.6) is 0 Å². The fraction of sp³-hybridized carbons (Fsp3) is 0.684. The maximum absolute atomic E-state index is 6.36. The first-order chi connectivity index (χ1) is 9.74. The van der Waals surface area contributed by atoms with Crippen LogP contribution in [-0.2, 0) is 6.42 Å². The Balaban J connectivity index is 1.85. The van der Waals surface area contributed by atoms with Crippen molar-refractivity contribution in [3.05, 3.63) is 34.3 Å². The molecule has 1 aliphatic carbocycles. The molecule has 0 aliphatic heterocycles. The monoisotopic (exact) mass is 292 g/mol. The Kier molecular flexibility index (Phi) is 6.42. The molecule has 0 nitrogen and oxygen atoms in total. The van der Waals surface area contributed by atoms with Crippen LogP contribution in [0.1, 0.15) is 82.3 Å². The van der Waals surface area contributed by atoms with E-state index in [1.54, 1.807) is 0 Å².